The number of amides is 2. The summed E-state index contributed by atoms with van der Waals surface area (Å²) in [6.07, 6.45) is 6.20. The van der Waals surface area contributed by atoms with Crippen LogP contribution in [0.1, 0.15) is 107 Å². The summed E-state index contributed by atoms with van der Waals surface area (Å²) in [7, 11) is -2.49. The Hall–Kier alpha value is -4.00. The molecule has 2 aromatic rings. The van der Waals surface area contributed by atoms with Crippen LogP contribution in [-0.4, -0.2) is 78.0 Å². The molecule has 0 spiro atoms. The van der Waals surface area contributed by atoms with Gasteiger partial charge in [0.2, 0.25) is 27.7 Å². The van der Waals surface area contributed by atoms with Gasteiger partial charge in [0.1, 0.15) is 17.5 Å². The lowest BCUT2D eigenvalue weighted by atomic mass is 9.82. The normalized spacial score (nSPS) is 32.7. The maximum Gasteiger partial charge on any atom is 0.307 e. The zero-order chi connectivity index (χ0) is 44.2. The number of ether oxygens (including phenoxy) is 3. The third-order valence-corrected chi connectivity index (χ3v) is 13.9. The Morgan fingerprint density at radius 3 is 2.61 bits per heavy atom. The van der Waals surface area contributed by atoms with Crippen molar-refractivity contribution in [2.24, 2.45) is 29.1 Å². The molecule has 13 heteroatoms. The van der Waals surface area contributed by atoms with E-state index in [1.165, 1.54) is 4.90 Å². The molecule has 4 aliphatic rings. The smallest absolute Gasteiger partial charge is 0.307 e. The molecule has 0 radical (unpaired) electrons. The molecule has 2 amide bonds. The van der Waals surface area contributed by atoms with Crippen LogP contribution in [0.5, 0.6) is 11.6 Å². The van der Waals surface area contributed by atoms with Gasteiger partial charge in [0.15, 0.2) is 5.78 Å². The van der Waals surface area contributed by atoms with E-state index in [0.717, 1.165) is 12.3 Å². The maximum absolute atomic E-state index is 15.0. The first kappa shape index (κ1) is 32.3. The Kier molecular flexibility index (Phi) is 8.91. The van der Waals surface area contributed by atoms with E-state index < -0.39 is 99.4 Å². The summed E-state index contributed by atoms with van der Waals surface area (Å²) in [5.74, 6) is -4.36. The minimum atomic E-state index is -4.03. The predicted octanol–water partition coefficient (Wildman–Crippen LogP) is 5.92. The topological polar surface area (TPSA) is 158 Å². The standard InChI is InChI=1S/C41H55N3O9S/c1-25-10-8-9-11-28-22-41(28,38(48)43-54(49,50)40(6)15-16-40)23-34(45)33-20-30(52-36-31-13-12-29(51-7)19-27(31)14-17-42-36)24-44(33)37(47)32(26(2)18-25)21-35(46)53-39(3,4)5/h9,11-14,17,19,25-26,28,30,32-33H,8,10,15-16,18,20-24H2,1-7H3,(H,43,48)/b11-9-/t25-,26-,28-,30-,32+,33?,41-/m1/s1/i3D3,4D3. The molecule has 3 heterocycles. The number of carbonyl (C=O) groups excluding carboxylic acids is 4. The largest absolute Gasteiger partial charge is 0.497 e. The summed E-state index contributed by atoms with van der Waals surface area (Å²) < 4.78 is 92.3. The molecule has 12 nitrogen and oxygen atoms in total. The van der Waals surface area contributed by atoms with E-state index in [2.05, 4.69) is 9.71 Å². The summed E-state index contributed by atoms with van der Waals surface area (Å²) in [5.41, 5.74) is -4.25. The monoisotopic (exact) mass is 771 g/mol. The Bertz CT molecular complexity index is 2140. The molecule has 1 aromatic heterocycles. The second kappa shape index (κ2) is 14.9. The molecule has 7 atom stereocenters. The summed E-state index contributed by atoms with van der Waals surface area (Å²) in [4.78, 5) is 63.2. The predicted molar refractivity (Wildman–Crippen MR) is 203 cm³/mol. The highest BCUT2D eigenvalue weighted by Crippen LogP contribution is 2.57. The van der Waals surface area contributed by atoms with Crippen LogP contribution in [0.3, 0.4) is 0 Å². The summed E-state index contributed by atoms with van der Waals surface area (Å²) >= 11 is 0. The number of Topliss-reactive ketones (excluding diaryl/α,β-unsaturated/α-hetero) is 1. The molecule has 2 aliphatic heterocycles. The number of esters is 1. The highest BCUT2D eigenvalue weighted by Gasteiger charge is 2.62. The Morgan fingerprint density at radius 1 is 1.15 bits per heavy atom. The molecule has 2 saturated carbocycles. The first-order valence-electron chi connectivity index (χ1n) is 21.7. The number of fused-ring (bicyclic) bond motifs is 3. The van der Waals surface area contributed by atoms with Gasteiger partial charge in [0.05, 0.1) is 42.2 Å². The van der Waals surface area contributed by atoms with Crippen molar-refractivity contribution in [2.45, 2.75) is 122 Å². The molecule has 1 unspecified atom stereocenters. The lowest BCUT2D eigenvalue weighted by Gasteiger charge is -2.32. The fourth-order valence-corrected chi connectivity index (χ4v) is 9.37. The van der Waals surface area contributed by atoms with Crippen LogP contribution in [0.25, 0.3) is 10.8 Å². The highest BCUT2D eigenvalue weighted by atomic mass is 32.2. The second-order valence-corrected chi connectivity index (χ2v) is 18.5. The van der Waals surface area contributed by atoms with E-state index in [9.17, 15) is 22.8 Å². The third kappa shape index (κ3) is 8.45. The fraction of sp³-hybridized carbons (Fsp3) is 0.634. The quantitative estimate of drug-likeness (QED) is 0.253. The van der Waals surface area contributed by atoms with Crippen LogP contribution in [0.2, 0.25) is 0 Å². The number of sulfonamides is 1. The third-order valence-electron chi connectivity index (χ3n) is 11.7. The number of allylic oxidation sites excluding steroid dienone is 2. The lowest BCUT2D eigenvalue weighted by molar-refractivity contribution is -0.160. The molecule has 294 valence electrons. The van der Waals surface area contributed by atoms with E-state index in [4.69, 9.17) is 22.4 Å². The molecule has 1 N–H and O–H groups in total. The highest BCUT2D eigenvalue weighted by molar-refractivity contribution is 7.91. The first-order valence-corrected chi connectivity index (χ1v) is 20.2. The van der Waals surface area contributed by atoms with Gasteiger partial charge < -0.3 is 19.1 Å². The van der Waals surface area contributed by atoms with E-state index >= 15 is 4.79 Å². The van der Waals surface area contributed by atoms with Gasteiger partial charge in [-0.15, -0.1) is 0 Å². The Labute approximate surface area is 327 Å². The van der Waals surface area contributed by atoms with Crippen molar-refractivity contribution in [3.05, 3.63) is 42.6 Å². The van der Waals surface area contributed by atoms with Gasteiger partial charge in [-0.05, 0) is 113 Å². The van der Waals surface area contributed by atoms with Gasteiger partial charge in [-0.3, -0.25) is 23.9 Å². The number of nitrogens with one attached hydrogen (secondary N) is 1. The van der Waals surface area contributed by atoms with Crippen molar-refractivity contribution in [2.75, 3.05) is 13.7 Å². The number of carbonyl (C=O) groups is 4. The number of hydrogen-bond donors (Lipinski definition) is 1. The van der Waals surface area contributed by atoms with Gasteiger partial charge in [-0.2, -0.15) is 0 Å². The first-order chi connectivity index (χ1) is 27.8. The van der Waals surface area contributed by atoms with Gasteiger partial charge in [-0.1, -0.05) is 26.0 Å². The van der Waals surface area contributed by atoms with E-state index in [1.807, 2.05) is 19.1 Å². The lowest BCUT2D eigenvalue weighted by Crippen LogP contribution is -2.48. The van der Waals surface area contributed by atoms with E-state index in [1.54, 1.807) is 51.4 Å². The van der Waals surface area contributed by atoms with Crippen molar-refractivity contribution in [1.82, 2.24) is 14.6 Å². The van der Waals surface area contributed by atoms with Gasteiger partial charge in [0.25, 0.3) is 0 Å². The average molecular weight is 772 g/mol. The van der Waals surface area contributed by atoms with Gasteiger partial charge >= 0.3 is 5.97 Å². The molecule has 2 aliphatic carbocycles. The zero-order valence-electron chi connectivity index (χ0n) is 37.6. The Morgan fingerprint density at radius 2 is 1.91 bits per heavy atom. The molecule has 1 saturated heterocycles. The van der Waals surface area contributed by atoms with Crippen LogP contribution in [0, 0.1) is 29.1 Å². The Balaban J connectivity index is 1.36. The number of hydrogen-bond acceptors (Lipinski definition) is 10. The van der Waals surface area contributed by atoms with Crippen LogP contribution in [0.15, 0.2) is 42.6 Å². The molecular formula is C41H55N3O9S. The van der Waals surface area contributed by atoms with Crippen molar-refractivity contribution in [3.8, 4) is 11.6 Å². The van der Waals surface area contributed by atoms with E-state index in [0.29, 0.717) is 43.2 Å². The summed E-state index contributed by atoms with van der Waals surface area (Å²) in [6, 6.07) is 5.93. The zero-order valence-corrected chi connectivity index (χ0v) is 32.4. The van der Waals surface area contributed by atoms with Crippen molar-refractivity contribution >= 4 is 44.4 Å². The van der Waals surface area contributed by atoms with Crippen molar-refractivity contribution < 1.29 is 50.0 Å². The average Bonchev–Trinajstić information content (AvgIpc) is 4.04. The number of ketones is 1. The fourth-order valence-electron chi connectivity index (χ4n) is 8.04. The van der Waals surface area contributed by atoms with E-state index in [-0.39, 0.29) is 37.6 Å². The van der Waals surface area contributed by atoms with Crippen LogP contribution < -0.4 is 14.2 Å². The van der Waals surface area contributed by atoms with Gasteiger partial charge in [0, 0.05) is 32.6 Å². The number of nitrogens with zero attached hydrogens (tertiary/aromatic N) is 2. The number of pyridine rings is 1. The summed E-state index contributed by atoms with van der Waals surface area (Å²) in [6.45, 7) is -0.444. The molecular weight excluding hydrogens is 711 g/mol. The van der Waals surface area contributed by atoms with Crippen molar-refractivity contribution in [3.63, 3.8) is 0 Å². The molecule has 0 bridgehead atoms. The number of aromatic nitrogens is 1. The molecule has 6 rings (SSSR count). The molecule has 54 heavy (non-hydrogen) atoms. The molecule has 1 aromatic carbocycles. The number of rotatable bonds is 8. The minimum Gasteiger partial charge on any atom is -0.497 e. The number of benzene rings is 1. The SMILES string of the molecule is [2H]C([2H])([2H])C(C)(OC(=O)C[C@@H]1C(=O)N2C[C@H](Oc3nccc4cc(OC)ccc34)CC2C(=O)C[C@]2(C(=O)NS(=O)(=O)C3(C)CC3)C[C@H]2/C=C\CC[C@@H](C)C[C@H]1C)C([2H])([2H])[2H]. The van der Waals surface area contributed by atoms with Crippen LogP contribution in [-0.2, 0) is 33.9 Å². The maximum atomic E-state index is 15.0. The van der Waals surface area contributed by atoms with Crippen LogP contribution in [0.4, 0.5) is 0 Å². The minimum absolute atomic E-state index is 0.0101. The van der Waals surface area contributed by atoms with Gasteiger partial charge in [-0.25, -0.2) is 13.4 Å². The second-order valence-electron chi connectivity index (χ2n) is 16.3. The number of methoxy groups -OCH3 is 1. The molecule has 3 fully saturated rings. The van der Waals surface area contributed by atoms with Crippen molar-refractivity contribution in [1.29, 1.82) is 0 Å². The summed E-state index contributed by atoms with van der Waals surface area (Å²) in [5, 5.41) is 1.40. The van der Waals surface area contributed by atoms with Crippen LogP contribution >= 0.6 is 0 Å².